The third-order valence-electron chi connectivity index (χ3n) is 9.07. The summed E-state index contributed by atoms with van der Waals surface area (Å²) >= 11 is 0. The number of rotatable bonds is 7. The Morgan fingerprint density at radius 1 is 0.884 bits per heavy atom. The molecule has 0 radical (unpaired) electrons. The summed E-state index contributed by atoms with van der Waals surface area (Å²) in [6.07, 6.45) is 4.65. The van der Waals surface area contributed by atoms with Gasteiger partial charge < -0.3 is 15.0 Å². The maximum atomic E-state index is 14.9. The number of nitrogens with zero attached hydrogens (tertiary/aromatic N) is 1. The molecule has 43 heavy (non-hydrogen) atoms. The molecule has 4 aromatic carbocycles. The van der Waals surface area contributed by atoms with Crippen LogP contribution in [0.1, 0.15) is 62.4 Å². The lowest BCUT2D eigenvalue weighted by molar-refractivity contribution is -0.122. The van der Waals surface area contributed by atoms with E-state index in [1.54, 1.807) is 24.3 Å². The number of benzene rings is 4. The molecule has 0 unspecified atom stereocenters. The zero-order valence-electron chi connectivity index (χ0n) is 24.1. The fraction of sp³-hybridized carbons (Fsp3) is 0.216. The van der Waals surface area contributed by atoms with Gasteiger partial charge in [-0.2, -0.15) is 0 Å². The fourth-order valence-corrected chi connectivity index (χ4v) is 7.23. The average molecular weight is 569 g/mol. The number of hydrogen-bond donors (Lipinski definition) is 1. The number of para-hydroxylation sites is 2. The summed E-state index contributed by atoms with van der Waals surface area (Å²) in [7, 11) is 0. The first-order valence-corrected chi connectivity index (χ1v) is 14.8. The molecule has 3 aliphatic rings. The molecule has 214 valence electrons. The molecule has 3 aliphatic heterocycles. The molecule has 1 saturated heterocycles. The SMILES string of the molecule is CCCOc1ccccc1C(=O)[C@@H]1[C@@H](C(=O)c2ccc(C)cc2)[C@]2(C(=O)Nc3ccccc32)[C@H]2c3ccccc3C=CN12. The molecule has 1 amide bonds. The van der Waals surface area contributed by atoms with Crippen LogP contribution < -0.4 is 10.1 Å². The van der Waals surface area contributed by atoms with E-state index < -0.39 is 23.4 Å². The van der Waals surface area contributed by atoms with Crippen molar-refractivity contribution in [2.45, 2.75) is 37.8 Å². The number of ketones is 2. The van der Waals surface area contributed by atoms with Gasteiger partial charge in [0.15, 0.2) is 11.6 Å². The summed E-state index contributed by atoms with van der Waals surface area (Å²) < 4.78 is 6.03. The van der Waals surface area contributed by atoms with Gasteiger partial charge in [-0.15, -0.1) is 0 Å². The predicted octanol–water partition coefficient (Wildman–Crippen LogP) is 6.77. The summed E-state index contributed by atoms with van der Waals surface area (Å²) in [5, 5.41) is 3.10. The fourth-order valence-electron chi connectivity index (χ4n) is 7.23. The number of anilines is 1. The number of aryl methyl sites for hydroxylation is 1. The van der Waals surface area contributed by atoms with Gasteiger partial charge in [-0.3, -0.25) is 14.4 Å². The highest BCUT2D eigenvalue weighted by Gasteiger charge is 2.70. The first kappa shape index (κ1) is 26.9. The van der Waals surface area contributed by atoms with Crippen molar-refractivity contribution in [3.8, 4) is 5.75 Å². The number of carbonyl (C=O) groups excluding carboxylic acids is 3. The van der Waals surface area contributed by atoms with E-state index in [1.807, 2.05) is 104 Å². The van der Waals surface area contributed by atoms with Gasteiger partial charge in [0.25, 0.3) is 0 Å². The van der Waals surface area contributed by atoms with Crippen LogP contribution in [-0.4, -0.2) is 35.0 Å². The Kier molecular flexibility index (Phi) is 6.50. The molecular weight excluding hydrogens is 536 g/mol. The quantitative estimate of drug-likeness (QED) is 0.249. The largest absolute Gasteiger partial charge is 0.493 e. The number of nitrogens with one attached hydrogen (secondary N) is 1. The minimum atomic E-state index is -1.36. The lowest BCUT2D eigenvalue weighted by Crippen LogP contribution is -2.49. The van der Waals surface area contributed by atoms with Crippen LogP contribution in [0, 0.1) is 12.8 Å². The normalized spacial score (nSPS) is 23.0. The Morgan fingerprint density at radius 3 is 2.42 bits per heavy atom. The van der Waals surface area contributed by atoms with Crippen LogP contribution in [0.4, 0.5) is 5.69 Å². The lowest BCUT2D eigenvalue weighted by Gasteiger charge is -2.38. The molecular formula is C37H32N2O4. The van der Waals surface area contributed by atoms with Crippen molar-refractivity contribution >= 4 is 29.2 Å². The minimum Gasteiger partial charge on any atom is -0.493 e. The van der Waals surface area contributed by atoms with Gasteiger partial charge in [-0.25, -0.2) is 0 Å². The van der Waals surface area contributed by atoms with Crippen LogP contribution in [-0.2, 0) is 10.2 Å². The molecule has 4 aromatic rings. The molecule has 6 nitrogen and oxygen atoms in total. The van der Waals surface area contributed by atoms with Crippen molar-refractivity contribution < 1.29 is 19.1 Å². The molecule has 7 rings (SSSR count). The van der Waals surface area contributed by atoms with E-state index >= 15 is 0 Å². The number of amides is 1. The van der Waals surface area contributed by atoms with Crippen LogP contribution in [0.15, 0.2) is 103 Å². The topological polar surface area (TPSA) is 75.7 Å². The minimum absolute atomic E-state index is 0.238. The monoisotopic (exact) mass is 568 g/mol. The van der Waals surface area contributed by atoms with E-state index in [-0.39, 0.29) is 17.5 Å². The number of carbonyl (C=O) groups is 3. The van der Waals surface area contributed by atoms with Gasteiger partial charge in [-0.1, -0.05) is 91.3 Å². The van der Waals surface area contributed by atoms with Gasteiger partial charge >= 0.3 is 0 Å². The van der Waals surface area contributed by atoms with E-state index in [9.17, 15) is 14.4 Å². The smallest absolute Gasteiger partial charge is 0.238 e. The van der Waals surface area contributed by atoms with Crippen molar-refractivity contribution in [1.29, 1.82) is 0 Å². The van der Waals surface area contributed by atoms with Crippen LogP contribution in [0.5, 0.6) is 5.75 Å². The molecule has 3 heterocycles. The maximum Gasteiger partial charge on any atom is 0.238 e. The van der Waals surface area contributed by atoms with E-state index in [1.165, 1.54) is 0 Å². The highest BCUT2D eigenvalue weighted by atomic mass is 16.5. The van der Waals surface area contributed by atoms with Crippen molar-refractivity contribution in [3.63, 3.8) is 0 Å². The molecule has 0 aliphatic carbocycles. The van der Waals surface area contributed by atoms with Crippen molar-refractivity contribution in [2.24, 2.45) is 5.92 Å². The molecule has 1 spiro atoms. The van der Waals surface area contributed by atoms with Crippen LogP contribution >= 0.6 is 0 Å². The first-order valence-electron chi connectivity index (χ1n) is 14.8. The maximum absolute atomic E-state index is 14.9. The van der Waals surface area contributed by atoms with E-state index in [0.717, 1.165) is 28.7 Å². The molecule has 0 aromatic heterocycles. The van der Waals surface area contributed by atoms with Gasteiger partial charge in [0.2, 0.25) is 5.91 Å². The average Bonchev–Trinajstić information content (AvgIpc) is 3.52. The Hall–Kier alpha value is -4.97. The zero-order chi connectivity index (χ0) is 29.7. The second-order valence-electron chi connectivity index (χ2n) is 11.5. The van der Waals surface area contributed by atoms with Crippen LogP contribution in [0.2, 0.25) is 0 Å². The summed E-state index contributed by atoms with van der Waals surface area (Å²) in [6, 6.07) is 28.5. The first-order chi connectivity index (χ1) is 21.0. The third kappa shape index (κ3) is 3.97. The summed E-state index contributed by atoms with van der Waals surface area (Å²) in [4.78, 5) is 46.4. The lowest BCUT2D eigenvalue weighted by atomic mass is 9.62. The molecule has 1 N–H and O–H groups in total. The van der Waals surface area contributed by atoms with E-state index in [0.29, 0.717) is 29.2 Å². The third-order valence-corrected chi connectivity index (χ3v) is 9.07. The number of ether oxygens (including phenoxy) is 1. The molecule has 0 saturated carbocycles. The Morgan fingerprint density at radius 2 is 1.60 bits per heavy atom. The standard InChI is InChI=1S/C37H32N2O4/c1-3-22-43-30-15-9-6-12-27(30)34(41)32-31(33(40)25-18-16-23(2)17-19-25)37(28-13-7-8-14-29(28)38-36(37)42)35-26-11-5-4-10-24(26)20-21-39(32)35/h4-21,31-32,35H,3,22H2,1-2H3,(H,38,42)/t31-,32-,35+,37-/m0/s1. The van der Waals surface area contributed by atoms with Gasteiger partial charge in [0.05, 0.1) is 24.1 Å². The van der Waals surface area contributed by atoms with Gasteiger partial charge in [0, 0.05) is 17.5 Å². The summed E-state index contributed by atoms with van der Waals surface area (Å²) in [5.41, 5.74) is 3.79. The van der Waals surface area contributed by atoms with Crippen LogP contribution in [0.25, 0.3) is 6.08 Å². The van der Waals surface area contributed by atoms with Gasteiger partial charge in [-0.05, 0) is 54.3 Å². The molecule has 4 atom stereocenters. The number of Topliss-reactive ketones (excluding diaryl/α,β-unsaturated/α-hetero) is 2. The number of fused-ring (bicyclic) bond motifs is 6. The molecule has 6 heteroatoms. The summed E-state index contributed by atoms with van der Waals surface area (Å²) in [5.74, 6) is -1.31. The van der Waals surface area contributed by atoms with Crippen molar-refractivity contribution in [3.05, 3.63) is 137 Å². The second-order valence-corrected chi connectivity index (χ2v) is 11.5. The summed E-state index contributed by atoms with van der Waals surface area (Å²) in [6.45, 7) is 4.44. The second kappa shape index (κ2) is 10.4. The van der Waals surface area contributed by atoms with E-state index in [2.05, 4.69) is 5.32 Å². The zero-order valence-corrected chi connectivity index (χ0v) is 24.1. The highest BCUT2D eigenvalue weighted by Crippen LogP contribution is 2.62. The Balaban J connectivity index is 1.51. The molecule has 0 bridgehead atoms. The van der Waals surface area contributed by atoms with Gasteiger partial charge in [0.1, 0.15) is 17.2 Å². The van der Waals surface area contributed by atoms with Crippen molar-refractivity contribution in [2.75, 3.05) is 11.9 Å². The van der Waals surface area contributed by atoms with Crippen LogP contribution in [0.3, 0.4) is 0 Å². The van der Waals surface area contributed by atoms with Crippen molar-refractivity contribution in [1.82, 2.24) is 4.90 Å². The highest BCUT2D eigenvalue weighted by molar-refractivity contribution is 6.17. The Labute approximate surface area is 251 Å². The van der Waals surface area contributed by atoms with E-state index in [4.69, 9.17) is 4.74 Å². The molecule has 1 fully saturated rings. The number of hydrogen-bond acceptors (Lipinski definition) is 5. The predicted molar refractivity (Wildman–Crippen MR) is 166 cm³/mol. The Bertz CT molecular complexity index is 1790.